The van der Waals surface area contributed by atoms with Crippen molar-refractivity contribution >= 4 is 27.9 Å². The molecule has 5 heteroatoms. The molecule has 1 N–H and O–H groups in total. The molecule has 132 valence electrons. The summed E-state index contributed by atoms with van der Waals surface area (Å²) in [6, 6.07) is 7.96. The standard InChI is InChI=1S/C20H25N3OS/c1-4-7-15(8-5-2)19(24)21-17-10-6-9-16(11-17)18-12-23-14(3)13-25-20(23)22-18/h6,9-13,15H,4-5,7-8H2,1-3H3,(H,21,24). The van der Waals surface area contributed by atoms with Crippen LogP contribution in [0.5, 0.6) is 0 Å². The van der Waals surface area contributed by atoms with Gasteiger partial charge in [-0.25, -0.2) is 4.98 Å². The number of thiazole rings is 1. The molecule has 2 heterocycles. The van der Waals surface area contributed by atoms with Crippen LogP contribution in [0.15, 0.2) is 35.8 Å². The molecule has 3 rings (SSSR count). The smallest absolute Gasteiger partial charge is 0.227 e. The average molecular weight is 356 g/mol. The molecule has 0 bridgehead atoms. The Labute approximate surface area is 152 Å². The number of imidazole rings is 1. The van der Waals surface area contributed by atoms with Crippen molar-refractivity contribution in [2.24, 2.45) is 5.92 Å². The number of aryl methyl sites for hydroxylation is 1. The summed E-state index contributed by atoms with van der Waals surface area (Å²) in [6.07, 6.45) is 6.00. The Morgan fingerprint density at radius 1 is 1.28 bits per heavy atom. The highest BCUT2D eigenvalue weighted by Crippen LogP contribution is 2.26. The molecule has 4 nitrogen and oxygen atoms in total. The predicted molar refractivity (Wildman–Crippen MR) is 105 cm³/mol. The monoisotopic (exact) mass is 355 g/mol. The zero-order valence-electron chi connectivity index (χ0n) is 15.1. The van der Waals surface area contributed by atoms with Gasteiger partial charge in [0.25, 0.3) is 0 Å². The molecule has 0 radical (unpaired) electrons. The van der Waals surface area contributed by atoms with Gasteiger partial charge in [0.05, 0.1) is 5.69 Å². The van der Waals surface area contributed by atoms with Gasteiger partial charge in [0.1, 0.15) is 0 Å². The van der Waals surface area contributed by atoms with Crippen LogP contribution in [0.4, 0.5) is 5.69 Å². The van der Waals surface area contributed by atoms with Crippen LogP contribution in [0, 0.1) is 12.8 Å². The summed E-state index contributed by atoms with van der Waals surface area (Å²) in [4.78, 5) is 18.2. The van der Waals surface area contributed by atoms with Gasteiger partial charge in [-0.3, -0.25) is 9.20 Å². The van der Waals surface area contributed by atoms with Gasteiger partial charge < -0.3 is 5.32 Å². The van der Waals surface area contributed by atoms with E-state index in [0.717, 1.165) is 47.6 Å². The van der Waals surface area contributed by atoms with E-state index in [1.807, 2.05) is 24.3 Å². The number of nitrogens with zero attached hydrogens (tertiary/aromatic N) is 2. The third-order valence-corrected chi connectivity index (χ3v) is 5.42. The van der Waals surface area contributed by atoms with Crippen LogP contribution >= 0.6 is 11.3 Å². The van der Waals surface area contributed by atoms with Gasteiger partial charge in [-0.2, -0.15) is 0 Å². The van der Waals surface area contributed by atoms with Crippen LogP contribution in [-0.2, 0) is 4.79 Å². The number of hydrogen-bond donors (Lipinski definition) is 1. The van der Waals surface area contributed by atoms with Crippen LogP contribution in [0.3, 0.4) is 0 Å². The Morgan fingerprint density at radius 3 is 2.72 bits per heavy atom. The third-order valence-electron chi connectivity index (χ3n) is 4.46. The maximum Gasteiger partial charge on any atom is 0.227 e. The van der Waals surface area contributed by atoms with E-state index < -0.39 is 0 Å². The number of fused-ring (bicyclic) bond motifs is 1. The number of aromatic nitrogens is 2. The molecule has 0 aliphatic rings. The SMILES string of the molecule is CCCC(CCC)C(=O)Nc1cccc(-c2cn3c(C)csc3n2)c1. The minimum atomic E-state index is 0.0965. The molecule has 0 saturated heterocycles. The zero-order chi connectivity index (χ0) is 17.8. The second-order valence-electron chi connectivity index (χ2n) is 6.50. The highest BCUT2D eigenvalue weighted by Gasteiger charge is 2.17. The first-order chi connectivity index (χ1) is 12.1. The molecule has 3 aromatic rings. The fourth-order valence-corrected chi connectivity index (χ4v) is 3.99. The van der Waals surface area contributed by atoms with E-state index >= 15 is 0 Å². The lowest BCUT2D eigenvalue weighted by molar-refractivity contribution is -0.120. The van der Waals surface area contributed by atoms with E-state index in [2.05, 4.69) is 47.0 Å². The fraction of sp³-hybridized carbons (Fsp3) is 0.400. The minimum Gasteiger partial charge on any atom is -0.326 e. The number of carbonyl (C=O) groups excluding carboxylic acids is 1. The average Bonchev–Trinajstić information content (AvgIpc) is 3.17. The second kappa shape index (κ2) is 7.83. The summed E-state index contributed by atoms with van der Waals surface area (Å²) in [5.41, 5.74) is 3.98. The van der Waals surface area contributed by atoms with Crippen molar-refractivity contribution in [2.75, 3.05) is 5.32 Å². The summed E-state index contributed by atoms with van der Waals surface area (Å²) in [7, 11) is 0. The Hall–Kier alpha value is -2.14. The Morgan fingerprint density at radius 2 is 2.04 bits per heavy atom. The van der Waals surface area contributed by atoms with Crippen molar-refractivity contribution in [1.29, 1.82) is 0 Å². The van der Waals surface area contributed by atoms with E-state index in [0.29, 0.717) is 0 Å². The molecule has 1 aromatic carbocycles. The molecule has 0 saturated carbocycles. The maximum absolute atomic E-state index is 12.6. The first-order valence-electron chi connectivity index (χ1n) is 8.96. The molecular formula is C20H25N3OS. The van der Waals surface area contributed by atoms with Crippen molar-refractivity contribution in [2.45, 2.75) is 46.5 Å². The van der Waals surface area contributed by atoms with Crippen molar-refractivity contribution in [1.82, 2.24) is 9.38 Å². The summed E-state index contributed by atoms with van der Waals surface area (Å²) >= 11 is 1.64. The number of amides is 1. The van der Waals surface area contributed by atoms with Gasteiger partial charge in [0, 0.05) is 34.4 Å². The Bertz CT molecular complexity index is 859. The lowest BCUT2D eigenvalue weighted by Crippen LogP contribution is -2.22. The highest BCUT2D eigenvalue weighted by atomic mass is 32.1. The van der Waals surface area contributed by atoms with Gasteiger partial charge in [-0.1, -0.05) is 38.8 Å². The number of nitrogens with one attached hydrogen (secondary N) is 1. The fourth-order valence-electron chi connectivity index (χ4n) is 3.14. The molecule has 0 aliphatic heterocycles. The van der Waals surface area contributed by atoms with Crippen molar-refractivity contribution in [3.8, 4) is 11.3 Å². The molecule has 0 atom stereocenters. The van der Waals surface area contributed by atoms with Crippen LogP contribution in [0.1, 0.15) is 45.2 Å². The minimum absolute atomic E-state index is 0.0965. The summed E-state index contributed by atoms with van der Waals surface area (Å²) in [6.45, 7) is 6.33. The van der Waals surface area contributed by atoms with Crippen molar-refractivity contribution in [3.05, 3.63) is 41.5 Å². The normalized spacial score (nSPS) is 11.4. The predicted octanol–water partition coefficient (Wildman–Crippen LogP) is 5.53. The number of benzene rings is 1. The Balaban J connectivity index is 1.80. The largest absolute Gasteiger partial charge is 0.326 e. The summed E-state index contributed by atoms with van der Waals surface area (Å²) < 4.78 is 2.10. The zero-order valence-corrected chi connectivity index (χ0v) is 15.9. The van der Waals surface area contributed by atoms with Gasteiger partial charge in [-0.05, 0) is 31.9 Å². The topological polar surface area (TPSA) is 46.4 Å². The van der Waals surface area contributed by atoms with Crippen molar-refractivity contribution in [3.63, 3.8) is 0 Å². The number of rotatable bonds is 7. The van der Waals surface area contributed by atoms with Crippen LogP contribution < -0.4 is 5.32 Å². The quantitative estimate of drug-likeness (QED) is 0.606. The molecule has 1 amide bonds. The van der Waals surface area contributed by atoms with Crippen molar-refractivity contribution < 1.29 is 4.79 Å². The molecule has 0 spiro atoms. The molecule has 0 aliphatic carbocycles. The maximum atomic E-state index is 12.6. The van der Waals surface area contributed by atoms with E-state index in [-0.39, 0.29) is 11.8 Å². The van der Waals surface area contributed by atoms with E-state index in [9.17, 15) is 4.79 Å². The third kappa shape index (κ3) is 3.93. The summed E-state index contributed by atoms with van der Waals surface area (Å²) in [5, 5.41) is 5.19. The first-order valence-corrected chi connectivity index (χ1v) is 9.84. The number of anilines is 1. The highest BCUT2D eigenvalue weighted by molar-refractivity contribution is 7.15. The molecule has 0 unspecified atom stereocenters. The first kappa shape index (κ1) is 17.7. The lowest BCUT2D eigenvalue weighted by atomic mass is 9.97. The molecule has 2 aromatic heterocycles. The molecule has 25 heavy (non-hydrogen) atoms. The van der Waals surface area contributed by atoms with Crippen LogP contribution in [0.2, 0.25) is 0 Å². The number of hydrogen-bond acceptors (Lipinski definition) is 3. The van der Waals surface area contributed by atoms with Gasteiger partial charge in [-0.15, -0.1) is 11.3 Å². The van der Waals surface area contributed by atoms with E-state index in [4.69, 9.17) is 0 Å². The van der Waals surface area contributed by atoms with Gasteiger partial charge >= 0.3 is 0 Å². The van der Waals surface area contributed by atoms with Gasteiger partial charge in [0.15, 0.2) is 4.96 Å². The van der Waals surface area contributed by atoms with E-state index in [1.54, 1.807) is 11.3 Å². The lowest BCUT2D eigenvalue weighted by Gasteiger charge is -2.15. The van der Waals surface area contributed by atoms with E-state index in [1.165, 1.54) is 5.69 Å². The number of carbonyl (C=O) groups is 1. The Kier molecular flexibility index (Phi) is 5.53. The summed E-state index contributed by atoms with van der Waals surface area (Å²) in [5.74, 6) is 0.224. The van der Waals surface area contributed by atoms with Crippen LogP contribution in [0.25, 0.3) is 16.2 Å². The van der Waals surface area contributed by atoms with Gasteiger partial charge in [0.2, 0.25) is 5.91 Å². The second-order valence-corrected chi connectivity index (χ2v) is 7.34. The van der Waals surface area contributed by atoms with Crippen LogP contribution in [-0.4, -0.2) is 15.3 Å². The molecule has 0 fully saturated rings. The molecular weight excluding hydrogens is 330 g/mol.